The number of aryl methyl sites for hydroxylation is 2. The number of carbonyl (C=O) groups is 1. The molecule has 1 aromatic carbocycles. The van der Waals surface area contributed by atoms with Gasteiger partial charge in [0, 0.05) is 11.5 Å². The molecule has 0 bridgehead atoms. The molecule has 0 radical (unpaired) electrons. The van der Waals surface area contributed by atoms with E-state index in [1.807, 2.05) is 6.92 Å². The zero-order valence-electron chi connectivity index (χ0n) is 10.4. The summed E-state index contributed by atoms with van der Waals surface area (Å²) in [7, 11) is 0. The maximum atomic E-state index is 11.5. The molecule has 0 amide bonds. The van der Waals surface area contributed by atoms with Crippen molar-refractivity contribution in [2.75, 3.05) is 6.61 Å². The van der Waals surface area contributed by atoms with Crippen molar-refractivity contribution in [3.8, 4) is 5.75 Å². The van der Waals surface area contributed by atoms with E-state index in [9.17, 15) is 14.9 Å². The molecule has 0 aliphatic heterocycles. The third-order valence-corrected chi connectivity index (χ3v) is 3.09. The number of carbonyl (C=O) groups excluding carboxylic acids is 1. The normalized spacial score (nSPS) is 14.3. The number of nitrogens with zero attached hydrogens (tertiary/aromatic N) is 1. The van der Waals surface area contributed by atoms with E-state index in [-0.39, 0.29) is 24.0 Å². The number of Topliss-reactive ketones (excluding diaryl/α,β-unsaturated/α-hetero) is 1. The molecule has 0 N–H and O–H groups in total. The number of ether oxygens (including phenoxy) is 1. The van der Waals surface area contributed by atoms with Crippen molar-refractivity contribution < 1.29 is 14.5 Å². The summed E-state index contributed by atoms with van der Waals surface area (Å²) in [4.78, 5) is 21.9. The van der Waals surface area contributed by atoms with E-state index < -0.39 is 4.92 Å². The van der Waals surface area contributed by atoms with Gasteiger partial charge in [0.2, 0.25) is 0 Å². The zero-order valence-corrected chi connectivity index (χ0v) is 10.4. The largest absolute Gasteiger partial charge is 0.485 e. The Hall–Kier alpha value is -1.91. The van der Waals surface area contributed by atoms with Crippen LogP contribution in [0.5, 0.6) is 5.75 Å². The summed E-state index contributed by atoms with van der Waals surface area (Å²) >= 11 is 0. The van der Waals surface area contributed by atoms with E-state index in [0.717, 1.165) is 18.4 Å². The minimum atomic E-state index is -0.440. The molecule has 0 spiro atoms. The standard InChI is InChI=1S/C13H15NO4/c1-8-5-9(2)13(6-11(8)14(16)17)18-7-12(15)10-3-4-10/h5-6,10H,3-4,7H2,1-2H3. The molecule has 1 aliphatic carbocycles. The number of nitro benzene ring substituents is 1. The predicted molar refractivity (Wildman–Crippen MR) is 65.8 cm³/mol. The van der Waals surface area contributed by atoms with Gasteiger partial charge in [-0.1, -0.05) is 0 Å². The van der Waals surface area contributed by atoms with Crippen LogP contribution in [0.3, 0.4) is 0 Å². The average Bonchev–Trinajstić information content (AvgIpc) is 3.10. The fourth-order valence-electron chi connectivity index (χ4n) is 1.85. The molecule has 1 aromatic rings. The minimum Gasteiger partial charge on any atom is -0.485 e. The Bertz CT molecular complexity index is 506. The number of nitro groups is 1. The Balaban J connectivity index is 2.13. The van der Waals surface area contributed by atoms with Crippen LogP contribution in [-0.2, 0) is 4.79 Å². The van der Waals surface area contributed by atoms with Crippen LogP contribution in [0.4, 0.5) is 5.69 Å². The molecular formula is C13H15NO4. The fraction of sp³-hybridized carbons (Fsp3) is 0.462. The molecule has 0 heterocycles. The minimum absolute atomic E-state index is 0.00568. The van der Waals surface area contributed by atoms with Gasteiger partial charge in [0.1, 0.15) is 12.4 Å². The third-order valence-electron chi connectivity index (χ3n) is 3.09. The van der Waals surface area contributed by atoms with Gasteiger partial charge in [0.25, 0.3) is 5.69 Å². The molecule has 18 heavy (non-hydrogen) atoms. The van der Waals surface area contributed by atoms with Gasteiger partial charge in [-0.3, -0.25) is 14.9 Å². The van der Waals surface area contributed by atoms with E-state index in [0.29, 0.717) is 11.3 Å². The summed E-state index contributed by atoms with van der Waals surface area (Å²) in [5, 5.41) is 10.8. The molecule has 1 saturated carbocycles. The van der Waals surface area contributed by atoms with E-state index in [1.165, 1.54) is 6.07 Å². The van der Waals surface area contributed by atoms with Crippen LogP contribution in [-0.4, -0.2) is 17.3 Å². The highest BCUT2D eigenvalue weighted by molar-refractivity contribution is 5.84. The van der Waals surface area contributed by atoms with Crippen LogP contribution < -0.4 is 4.74 Å². The molecule has 5 heteroatoms. The highest BCUT2D eigenvalue weighted by Crippen LogP contribution is 2.31. The monoisotopic (exact) mass is 249 g/mol. The second-order valence-corrected chi connectivity index (χ2v) is 4.69. The zero-order chi connectivity index (χ0) is 13.3. The van der Waals surface area contributed by atoms with Crippen LogP contribution in [0.15, 0.2) is 12.1 Å². The van der Waals surface area contributed by atoms with Crippen molar-refractivity contribution in [1.29, 1.82) is 0 Å². The third kappa shape index (κ3) is 2.67. The maximum Gasteiger partial charge on any atom is 0.276 e. The fourth-order valence-corrected chi connectivity index (χ4v) is 1.85. The van der Waals surface area contributed by atoms with Crippen LogP contribution in [0, 0.1) is 29.9 Å². The average molecular weight is 249 g/mol. The SMILES string of the molecule is Cc1cc(C)c([N+](=O)[O-])cc1OCC(=O)C1CC1. The lowest BCUT2D eigenvalue weighted by Gasteiger charge is -2.09. The number of hydrogen-bond acceptors (Lipinski definition) is 4. The molecule has 2 rings (SSSR count). The molecular weight excluding hydrogens is 234 g/mol. The summed E-state index contributed by atoms with van der Waals surface area (Å²) in [5.74, 6) is 0.643. The lowest BCUT2D eigenvalue weighted by Crippen LogP contribution is -2.13. The highest BCUT2D eigenvalue weighted by atomic mass is 16.6. The topological polar surface area (TPSA) is 69.4 Å². The van der Waals surface area contributed by atoms with E-state index in [2.05, 4.69) is 0 Å². The lowest BCUT2D eigenvalue weighted by atomic mass is 10.1. The first-order valence-electron chi connectivity index (χ1n) is 5.90. The van der Waals surface area contributed by atoms with Gasteiger partial charge in [0.15, 0.2) is 5.78 Å². The van der Waals surface area contributed by atoms with E-state index in [1.54, 1.807) is 13.0 Å². The van der Waals surface area contributed by atoms with Crippen molar-refractivity contribution in [3.05, 3.63) is 33.4 Å². The van der Waals surface area contributed by atoms with Crippen LogP contribution in [0.25, 0.3) is 0 Å². The Morgan fingerprint density at radius 2 is 2.06 bits per heavy atom. The van der Waals surface area contributed by atoms with Gasteiger partial charge in [-0.25, -0.2) is 0 Å². The molecule has 5 nitrogen and oxygen atoms in total. The van der Waals surface area contributed by atoms with E-state index in [4.69, 9.17) is 4.74 Å². The Morgan fingerprint density at radius 1 is 1.39 bits per heavy atom. The second kappa shape index (κ2) is 4.76. The van der Waals surface area contributed by atoms with Crippen molar-refractivity contribution >= 4 is 11.5 Å². The first kappa shape index (κ1) is 12.5. The van der Waals surface area contributed by atoms with Crippen LogP contribution in [0.1, 0.15) is 24.0 Å². The van der Waals surface area contributed by atoms with Gasteiger partial charge in [-0.15, -0.1) is 0 Å². The quantitative estimate of drug-likeness (QED) is 0.594. The molecule has 0 aromatic heterocycles. The second-order valence-electron chi connectivity index (χ2n) is 4.69. The van der Waals surface area contributed by atoms with Gasteiger partial charge in [-0.2, -0.15) is 0 Å². The number of rotatable bonds is 5. The first-order chi connectivity index (χ1) is 8.49. The van der Waals surface area contributed by atoms with Crippen LogP contribution in [0.2, 0.25) is 0 Å². The lowest BCUT2D eigenvalue weighted by molar-refractivity contribution is -0.385. The molecule has 1 fully saturated rings. The summed E-state index contributed by atoms with van der Waals surface area (Å²) in [6.45, 7) is 3.50. The van der Waals surface area contributed by atoms with Crippen LogP contribution >= 0.6 is 0 Å². The maximum absolute atomic E-state index is 11.5. The number of benzene rings is 1. The highest BCUT2D eigenvalue weighted by Gasteiger charge is 2.29. The number of hydrogen-bond donors (Lipinski definition) is 0. The summed E-state index contributed by atoms with van der Waals surface area (Å²) in [6.07, 6.45) is 1.88. The first-order valence-corrected chi connectivity index (χ1v) is 5.90. The van der Waals surface area contributed by atoms with Gasteiger partial charge in [-0.05, 0) is 38.3 Å². The molecule has 1 aliphatic rings. The molecule has 0 unspecified atom stereocenters. The van der Waals surface area contributed by atoms with Gasteiger partial charge >= 0.3 is 0 Å². The van der Waals surface area contributed by atoms with Crippen molar-refractivity contribution in [2.24, 2.45) is 5.92 Å². The Labute approximate surface area is 105 Å². The molecule has 0 atom stereocenters. The van der Waals surface area contributed by atoms with E-state index >= 15 is 0 Å². The van der Waals surface area contributed by atoms with Crippen molar-refractivity contribution in [2.45, 2.75) is 26.7 Å². The predicted octanol–water partition coefficient (Wildman–Crippen LogP) is 2.57. The smallest absolute Gasteiger partial charge is 0.276 e. The summed E-state index contributed by atoms with van der Waals surface area (Å²) in [5.41, 5.74) is 1.43. The Morgan fingerprint density at radius 3 is 2.61 bits per heavy atom. The number of ketones is 1. The molecule has 96 valence electrons. The van der Waals surface area contributed by atoms with Gasteiger partial charge < -0.3 is 4.74 Å². The Kier molecular flexibility index (Phi) is 3.32. The molecule has 0 saturated heterocycles. The van der Waals surface area contributed by atoms with Gasteiger partial charge in [0.05, 0.1) is 11.0 Å². The summed E-state index contributed by atoms with van der Waals surface area (Å²) < 4.78 is 5.39. The van der Waals surface area contributed by atoms with Crippen molar-refractivity contribution in [3.63, 3.8) is 0 Å². The van der Waals surface area contributed by atoms with Crippen molar-refractivity contribution in [1.82, 2.24) is 0 Å². The summed E-state index contributed by atoms with van der Waals surface area (Å²) in [6, 6.07) is 3.10.